The minimum absolute atomic E-state index is 0.158. The molecule has 0 fully saturated rings. The molecule has 0 aliphatic heterocycles. The first-order valence-electron chi connectivity index (χ1n) is 9.11. The fraction of sp³-hybridized carbons (Fsp3) is 0.190. The molecule has 2 aromatic carbocycles. The van der Waals surface area contributed by atoms with Crippen LogP contribution in [0.1, 0.15) is 0 Å². The molecule has 0 radical (unpaired) electrons. The molecule has 2 heterocycles. The van der Waals surface area contributed by atoms with Crippen molar-refractivity contribution < 1.29 is 14.3 Å². The molecule has 1 N–H and O–H groups in total. The maximum Gasteiger partial charge on any atom is 0.234 e. The van der Waals surface area contributed by atoms with Crippen molar-refractivity contribution in [2.24, 2.45) is 7.05 Å². The average Bonchev–Trinajstić information content (AvgIpc) is 3.35. The van der Waals surface area contributed by atoms with Gasteiger partial charge in [0.25, 0.3) is 0 Å². The lowest BCUT2D eigenvalue weighted by Gasteiger charge is -2.11. The van der Waals surface area contributed by atoms with Crippen LogP contribution < -0.4 is 14.8 Å². The Labute approximate surface area is 182 Å². The summed E-state index contributed by atoms with van der Waals surface area (Å²) >= 11 is 3.01. The predicted octanol–water partition coefficient (Wildman–Crippen LogP) is 4.44. The van der Waals surface area contributed by atoms with E-state index >= 15 is 0 Å². The first-order valence-corrected chi connectivity index (χ1v) is 11.0. The summed E-state index contributed by atoms with van der Waals surface area (Å²) < 4.78 is 13.6. The number of hydrogen-bond donors (Lipinski definition) is 1. The summed E-state index contributed by atoms with van der Waals surface area (Å²) in [4.78, 5) is 12.5. The third-order valence-electron chi connectivity index (χ3n) is 4.57. The van der Waals surface area contributed by atoms with Gasteiger partial charge in [-0.05, 0) is 18.2 Å². The van der Waals surface area contributed by atoms with E-state index in [1.807, 2.05) is 23.7 Å². The lowest BCUT2D eigenvalue weighted by Crippen LogP contribution is -2.15. The number of amides is 1. The van der Waals surface area contributed by atoms with Gasteiger partial charge < -0.3 is 19.4 Å². The number of rotatable bonds is 7. The molecule has 0 aliphatic rings. The molecule has 2 aromatic heterocycles. The van der Waals surface area contributed by atoms with E-state index < -0.39 is 0 Å². The Morgan fingerprint density at radius 3 is 2.80 bits per heavy atom. The fourth-order valence-corrected chi connectivity index (χ4v) is 4.69. The minimum Gasteiger partial charge on any atom is -0.497 e. The zero-order chi connectivity index (χ0) is 21.1. The van der Waals surface area contributed by atoms with Gasteiger partial charge in [-0.15, -0.1) is 21.5 Å². The van der Waals surface area contributed by atoms with E-state index in [1.54, 1.807) is 43.8 Å². The van der Waals surface area contributed by atoms with E-state index in [4.69, 9.17) is 9.47 Å². The number of nitrogens with one attached hydrogen (secondary N) is 1. The highest BCUT2D eigenvalue weighted by molar-refractivity contribution is 7.99. The Morgan fingerprint density at radius 2 is 2.00 bits per heavy atom. The number of methoxy groups -OCH3 is 2. The molecule has 0 saturated heterocycles. The van der Waals surface area contributed by atoms with Crippen molar-refractivity contribution in [3.8, 4) is 22.9 Å². The highest BCUT2D eigenvalue weighted by Gasteiger charge is 2.16. The molecule has 0 bridgehead atoms. The third kappa shape index (κ3) is 3.99. The highest BCUT2D eigenvalue weighted by atomic mass is 32.2. The van der Waals surface area contributed by atoms with Crippen LogP contribution in [-0.4, -0.2) is 40.6 Å². The van der Waals surface area contributed by atoms with Crippen LogP contribution in [0, 0.1) is 0 Å². The van der Waals surface area contributed by atoms with Crippen molar-refractivity contribution in [2.75, 3.05) is 25.3 Å². The van der Waals surface area contributed by atoms with E-state index in [2.05, 4.69) is 33.0 Å². The fourth-order valence-electron chi connectivity index (χ4n) is 3.04. The molecule has 4 rings (SSSR count). The third-order valence-corrected chi connectivity index (χ3v) is 6.56. The molecule has 0 atom stereocenters. The largest absolute Gasteiger partial charge is 0.497 e. The predicted molar refractivity (Wildman–Crippen MR) is 121 cm³/mol. The van der Waals surface area contributed by atoms with Crippen LogP contribution >= 0.6 is 23.1 Å². The number of fused-ring (bicyclic) bond motifs is 1. The number of carbonyl (C=O) groups excluding carboxylic acids is 1. The second kappa shape index (κ2) is 8.76. The average molecular weight is 441 g/mol. The van der Waals surface area contributed by atoms with Crippen LogP contribution in [0.5, 0.6) is 11.5 Å². The van der Waals surface area contributed by atoms with E-state index in [0.717, 1.165) is 16.8 Å². The summed E-state index contributed by atoms with van der Waals surface area (Å²) in [6.45, 7) is 0. The number of aromatic nitrogens is 3. The van der Waals surface area contributed by atoms with Gasteiger partial charge >= 0.3 is 0 Å². The van der Waals surface area contributed by atoms with Crippen LogP contribution in [0.3, 0.4) is 0 Å². The molecule has 0 spiro atoms. The number of benzene rings is 2. The summed E-state index contributed by atoms with van der Waals surface area (Å²) in [5.74, 6) is 2.02. The molecule has 1 amide bonds. The van der Waals surface area contributed by atoms with Crippen LogP contribution in [0.15, 0.2) is 53.0 Å². The standard InChI is InChI=1S/C21H20N4O3S2/c1-25-20(15-11-29-18-7-5-4-6-14(15)18)23-24-21(25)30-12-19(26)22-16-9-8-13(27-2)10-17(16)28-3/h4-11H,12H2,1-3H3,(H,22,26). The van der Waals surface area contributed by atoms with Gasteiger partial charge in [-0.2, -0.15) is 0 Å². The van der Waals surface area contributed by atoms with E-state index in [9.17, 15) is 4.79 Å². The van der Waals surface area contributed by atoms with Gasteiger partial charge in [-0.1, -0.05) is 30.0 Å². The molecule has 0 saturated carbocycles. The Morgan fingerprint density at radius 1 is 1.17 bits per heavy atom. The molecule has 9 heteroatoms. The topological polar surface area (TPSA) is 78.3 Å². The molecular formula is C21H20N4O3S2. The number of hydrogen-bond acceptors (Lipinski definition) is 7. The zero-order valence-electron chi connectivity index (χ0n) is 16.7. The monoisotopic (exact) mass is 440 g/mol. The van der Waals surface area contributed by atoms with Crippen molar-refractivity contribution in [1.82, 2.24) is 14.8 Å². The van der Waals surface area contributed by atoms with Crippen molar-refractivity contribution in [3.63, 3.8) is 0 Å². The van der Waals surface area contributed by atoms with Crippen LogP contribution in [-0.2, 0) is 11.8 Å². The first kappa shape index (κ1) is 20.2. The van der Waals surface area contributed by atoms with Gasteiger partial charge in [0.2, 0.25) is 5.91 Å². The Kier molecular flexibility index (Phi) is 5.91. The minimum atomic E-state index is -0.158. The molecule has 4 aromatic rings. The SMILES string of the molecule is COc1ccc(NC(=O)CSc2nnc(-c3csc4ccccc34)n2C)c(OC)c1. The number of nitrogens with zero attached hydrogens (tertiary/aromatic N) is 3. The molecule has 154 valence electrons. The Bertz CT molecular complexity index is 1200. The summed E-state index contributed by atoms with van der Waals surface area (Å²) in [6.07, 6.45) is 0. The maximum atomic E-state index is 12.5. The molecular weight excluding hydrogens is 420 g/mol. The molecule has 30 heavy (non-hydrogen) atoms. The summed E-state index contributed by atoms with van der Waals surface area (Å²) in [7, 11) is 5.04. The molecule has 0 aliphatic carbocycles. The summed E-state index contributed by atoms with van der Waals surface area (Å²) in [6, 6.07) is 13.5. The summed E-state index contributed by atoms with van der Waals surface area (Å²) in [5.41, 5.74) is 1.64. The summed E-state index contributed by atoms with van der Waals surface area (Å²) in [5, 5.41) is 15.4. The number of thioether (sulfide) groups is 1. The molecule has 0 unspecified atom stereocenters. The first-order chi connectivity index (χ1) is 14.6. The van der Waals surface area contributed by atoms with Gasteiger partial charge in [-0.3, -0.25) is 4.79 Å². The van der Waals surface area contributed by atoms with E-state index in [1.165, 1.54) is 16.5 Å². The zero-order valence-corrected chi connectivity index (χ0v) is 18.3. The second-order valence-corrected chi connectivity index (χ2v) is 8.27. The van der Waals surface area contributed by atoms with Gasteiger partial charge in [-0.25, -0.2) is 0 Å². The van der Waals surface area contributed by atoms with Crippen LogP contribution in [0.2, 0.25) is 0 Å². The Balaban J connectivity index is 1.45. The van der Waals surface area contributed by atoms with Gasteiger partial charge in [0.1, 0.15) is 11.5 Å². The van der Waals surface area contributed by atoms with Gasteiger partial charge in [0, 0.05) is 34.1 Å². The highest BCUT2D eigenvalue weighted by Crippen LogP contribution is 2.34. The number of thiophene rings is 1. The number of carbonyl (C=O) groups is 1. The quantitative estimate of drug-likeness (QED) is 0.428. The second-order valence-electron chi connectivity index (χ2n) is 6.41. The van der Waals surface area contributed by atoms with Crippen LogP contribution in [0.25, 0.3) is 21.5 Å². The van der Waals surface area contributed by atoms with Gasteiger partial charge in [0.05, 0.1) is 25.7 Å². The number of anilines is 1. The molecule has 7 nitrogen and oxygen atoms in total. The van der Waals surface area contributed by atoms with Crippen LogP contribution in [0.4, 0.5) is 5.69 Å². The van der Waals surface area contributed by atoms with E-state index in [0.29, 0.717) is 22.3 Å². The lowest BCUT2D eigenvalue weighted by atomic mass is 10.2. The maximum absolute atomic E-state index is 12.5. The lowest BCUT2D eigenvalue weighted by molar-refractivity contribution is -0.113. The van der Waals surface area contributed by atoms with E-state index in [-0.39, 0.29) is 11.7 Å². The Hall–Kier alpha value is -3.04. The normalized spacial score (nSPS) is 10.9. The van der Waals surface area contributed by atoms with Crippen molar-refractivity contribution in [3.05, 3.63) is 47.8 Å². The van der Waals surface area contributed by atoms with Crippen molar-refractivity contribution in [1.29, 1.82) is 0 Å². The van der Waals surface area contributed by atoms with Gasteiger partial charge in [0.15, 0.2) is 11.0 Å². The number of ether oxygens (including phenoxy) is 2. The smallest absolute Gasteiger partial charge is 0.234 e. The van der Waals surface area contributed by atoms with Crippen molar-refractivity contribution in [2.45, 2.75) is 5.16 Å². The van der Waals surface area contributed by atoms with Crippen molar-refractivity contribution >= 4 is 44.8 Å².